The summed E-state index contributed by atoms with van der Waals surface area (Å²) in [5, 5.41) is 2.97. The number of methoxy groups -OCH3 is 3. The molecule has 0 saturated heterocycles. The molecular weight excluding hydrogens is 504 g/mol. The second-order valence-electron chi connectivity index (χ2n) is 9.26. The van der Waals surface area contributed by atoms with Crippen molar-refractivity contribution in [1.82, 2.24) is 5.32 Å². The van der Waals surface area contributed by atoms with Gasteiger partial charge in [0.1, 0.15) is 12.3 Å². The molecule has 3 aromatic carbocycles. The number of rotatable bonds is 11. The third-order valence-electron chi connectivity index (χ3n) is 6.36. The predicted molar refractivity (Wildman–Crippen MR) is 149 cm³/mol. The number of carbonyl (C=O) groups excluding carboxylic acids is 1. The van der Waals surface area contributed by atoms with Crippen LogP contribution in [0, 0.1) is 6.92 Å². The minimum Gasteiger partial charge on any atom is -0.496 e. The highest BCUT2D eigenvalue weighted by Gasteiger charge is 2.29. The molecule has 0 aromatic heterocycles. The third-order valence-corrected chi connectivity index (χ3v) is 8.15. The zero-order valence-corrected chi connectivity index (χ0v) is 23.8. The molecular formula is C29H36N2O6S. The van der Waals surface area contributed by atoms with Crippen molar-refractivity contribution >= 4 is 21.6 Å². The number of hydrogen-bond donors (Lipinski definition) is 1. The number of anilines is 1. The molecule has 0 radical (unpaired) electrons. The van der Waals surface area contributed by atoms with E-state index in [-0.39, 0.29) is 22.5 Å². The van der Waals surface area contributed by atoms with E-state index in [1.807, 2.05) is 26.0 Å². The Kier molecular flexibility index (Phi) is 9.27. The molecule has 0 heterocycles. The van der Waals surface area contributed by atoms with E-state index < -0.39 is 22.5 Å². The van der Waals surface area contributed by atoms with Gasteiger partial charge in [-0.3, -0.25) is 9.10 Å². The molecule has 0 unspecified atom stereocenters. The van der Waals surface area contributed by atoms with Crippen molar-refractivity contribution in [3.8, 4) is 17.2 Å². The minimum atomic E-state index is -4.07. The maximum atomic E-state index is 13.7. The van der Waals surface area contributed by atoms with E-state index in [0.29, 0.717) is 11.5 Å². The van der Waals surface area contributed by atoms with Gasteiger partial charge in [0.05, 0.1) is 38.0 Å². The van der Waals surface area contributed by atoms with Crippen LogP contribution in [-0.2, 0) is 14.8 Å². The molecule has 38 heavy (non-hydrogen) atoms. The average Bonchev–Trinajstić information content (AvgIpc) is 2.91. The van der Waals surface area contributed by atoms with Crippen molar-refractivity contribution in [2.24, 2.45) is 0 Å². The number of amides is 1. The van der Waals surface area contributed by atoms with Gasteiger partial charge in [-0.25, -0.2) is 8.42 Å². The van der Waals surface area contributed by atoms with Gasteiger partial charge in [-0.1, -0.05) is 32.0 Å². The first kappa shape index (κ1) is 28.8. The third kappa shape index (κ3) is 6.22. The second kappa shape index (κ2) is 12.2. The van der Waals surface area contributed by atoms with Gasteiger partial charge in [0.15, 0.2) is 11.5 Å². The lowest BCUT2D eigenvalue weighted by atomic mass is 9.93. The van der Waals surface area contributed by atoms with E-state index in [1.165, 1.54) is 26.4 Å². The van der Waals surface area contributed by atoms with Crippen molar-refractivity contribution in [3.05, 3.63) is 77.4 Å². The number of sulfonamides is 1. The van der Waals surface area contributed by atoms with Gasteiger partial charge in [0.2, 0.25) is 5.91 Å². The highest BCUT2D eigenvalue weighted by molar-refractivity contribution is 7.92. The Balaban J connectivity index is 1.96. The smallest absolute Gasteiger partial charge is 0.264 e. The summed E-state index contributed by atoms with van der Waals surface area (Å²) in [5.41, 5.74) is 3.21. The highest BCUT2D eigenvalue weighted by Crippen LogP contribution is 2.34. The van der Waals surface area contributed by atoms with Crippen LogP contribution in [0.1, 0.15) is 49.4 Å². The Labute approximate surface area is 225 Å². The lowest BCUT2D eigenvalue weighted by Crippen LogP contribution is -2.41. The van der Waals surface area contributed by atoms with Crippen molar-refractivity contribution < 1.29 is 27.4 Å². The fraction of sp³-hybridized carbons (Fsp3) is 0.345. The summed E-state index contributed by atoms with van der Waals surface area (Å²) in [7, 11) is 0.534. The van der Waals surface area contributed by atoms with Gasteiger partial charge in [-0.15, -0.1) is 0 Å². The number of benzene rings is 3. The van der Waals surface area contributed by atoms with Crippen LogP contribution in [0.4, 0.5) is 5.69 Å². The number of hydrogen-bond acceptors (Lipinski definition) is 6. The summed E-state index contributed by atoms with van der Waals surface area (Å²) in [5.74, 6) is 1.37. The molecule has 1 amide bonds. The normalized spacial score (nSPS) is 12.1. The maximum absolute atomic E-state index is 13.7. The Morgan fingerprint density at radius 3 is 2.05 bits per heavy atom. The van der Waals surface area contributed by atoms with Crippen molar-refractivity contribution in [3.63, 3.8) is 0 Å². The fourth-order valence-electron chi connectivity index (χ4n) is 4.32. The van der Waals surface area contributed by atoms with Gasteiger partial charge in [0, 0.05) is 6.07 Å². The van der Waals surface area contributed by atoms with Crippen molar-refractivity contribution in [1.29, 1.82) is 0 Å². The monoisotopic (exact) mass is 540 g/mol. The summed E-state index contributed by atoms with van der Waals surface area (Å²) in [6, 6.07) is 16.4. The highest BCUT2D eigenvalue weighted by atomic mass is 32.2. The lowest BCUT2D eigenvalue weighted by Gasteiger charge is -2.26. The summed E-state index contributed by atoms with van der Waals surface area (Å²) >= 11 is 0. The van der Waals surface area contributed by atoms with Crippen LogP contribution in [0.25, 0.3) is 0 Å². The molecule has 0 aliphatic carbocycles. The molecule has 0 saturated carbocycles. The van der Waals surface area contributed by atoms with E-state index in [0.717, 1.165) is 26.7 Å². The molecule has 204 valence electrons. The average molecular weight is 541 g/mol. The number of carbonyl (C=O) groups is 1. The van der Waals surface area contributed by atoms with Crippen LogP contribution < -0.4 is 23.8 Å². The van der Waals surface area contributed by atoms with Crippen molar-refractivity contribution in [2.75, 3.05) is 32.2 Å². The van der Waals surface area contributed by atoms with E-state index in [9.17, 15) is 13.2 Å². The first-order chi connectivity index (χ1) is 18.0. The molecule has 0 aliphatic rings. The SMILES string of the molecule is COc1ccc(N(CC(=O)N[C@H](C)c2cc(C(C)C)c(OC)cc2C)S(=O)(=O)c2ccccc2)cc1OC. The van der Waals surface area contributed by atoms with Crippen LogP contribution >= 0.6 is 0 Å². The minimum absolute atomic E-state index is 0.0724. The van der Waals surface area contributed by atoms with Gasteiger partial charge >= 0.3 is 0 Å². The largest absolute Gasteiger partial charge is 0.496 e. The number of ether oxygens (including phenoxy) is 3. The molecule has 1 atom stereocenters. The summed E-state index contributed by atoms with van der Waals surface area (Å²) in [6.45, 7) is 7.57. The molecule has 0 aliphatic heterocycles. The number of aryl methyl sites for hydroxylation is 1. The van der Waals surface area contributed by atoms with Gasteiger partial charge < -0.3 is 19.5 Å². The molecule has 0 bridgehead atoms. The quantitative estimate of drug-likeness (QED) is 0.359. The Bertz CT molecular complexity index is 1370. The van der Waals surface area contributed by atoms with E-state index in [2.05, 4.69) is 19.2 Å². The van der Waals surface area contributed by atoms with Gasteiger partial charge in [0.25, 0.3) is 10.0 Å². The molecule has 8 nitrogen and oxygen atoms in total. The van der Waals surface area contributed by atoms with Crippen LogP contribution in [0.3, 0.4) is 0 Å². The van der Waals surface area contributed by atoms with Crippen LogP contribution in [0.2, 0.25) is 0 Å². The Morgan fingerprint density at radius 1 is 0.842 bits per heavy atom. The molecule has 1 N–H and O–H groups in total. The molecule has 3 aromatic rings. The Hall–Kier alpha value is -3.72. The van der Waals surface area contributed by atoms with Crippen LogP contribution in [-0.4, -0.2) is 42.2 Å². The standard InChI is InChI=1S/C29H36N2O6S/c1-19(2)24-17-25(20(3)15-27(24)36-6)21(4)30-29(32)18-31(38(33,34)23-11-9-8-10-12-23)22-13-14-26(35-5)28(16-22)37-7/h8-17,19,21H,18H2,1-7H3,(H,30,32)/t21-/m1/s1. The van der Waals surface area contributed by atoms with Crippen LogP contribution in [0.15, 0.2) is 65.6 Å². The Morgan fingerprint density at radius 2 is 1.47 bits per heavy atom. The first-order valence-corrected chi connectivity index (χ1v) is 13.7. The summed E-state index contributed by atoms with van der Waals surface area (Å²) in [4.78, 5) is 13.4. The van der Waals surface area contributed by atoms with E-state index in [4.69, 9.17) is 14.2 Å². The van der Waals surface area contributed by atoms with Crippen LogP contribution in [0.5, 0.6) is 17.2 Å². The molecule has 3 rings (SSSR count). The molecule has 9 heteroatoms. The lowest BCUT2D eigenvalue weighted by molar-refractivity contribution is -0.120. The molecule has 0 spiro atoms. The van der Waals surface area contributed by atoms with E-state index >= 15 is 0 Å². The van der Waals surface area contributed by atoms with Crippen molar-refractivity contribution in [2.45, 2.75) is 44.6 Å². The van der Waals surface area contributed by atoms with Gasteiger partial charge in [-0.05, 0) is 72.9 Å². The van der Waals surface area contributed by atoms with Gasteiger partial charge in [-0.2, -0.15) is 0 Å². The predicted octanol–water partition coefficient (Wildman–Crippen LogP) is 5.22. The number of nitrogens with one attached hydrogen (secondary N) is 1. The second-order valence-corrected chi connectivity index (χ2v) is 11.1. The number of nitrogens with zero attached hydrogens (tertiary/aromatic N) is 1. The topological polar surface area (TPSA) is 94.2 Å². The summed E-state index contributed by atoms with van der Waals surface area (Å²) < 4.78 is 44.7. The zero-order chi connectivity index (χ0) is 28.0. The fourth-order valence-corrected chi connectivity index (χ4v) is 5.75. The van der Waals surface area contributed by atoms with E-state index in [1.54, 1.807) is 43.5 Å². The zero-order valence-electron chi connectivity index (χ0n) is 22.9. The first-order valence-electron chi connectivity index (χ1n) is 12.3. The summed E-state index contributed by atoms with van der Waals surface area (Å²) in [6.07, 6.45) is 0. The maximum Gasteiger partial charge on any atom is 0.264 e. The molecule has 0 fully saturated rings.